The van der Waals surface area contributed by atoms with Gasteiger partial charge in [-0.15, -0.1) is 0 Å². The number of aryl methyl sites for hydroxylation is 1. The first-order valence-electron chi connectivity index (χ1n) is 8.10. The molecule has 0 bridgehead atoms. The normalized spacial score (nSPS) is 17.7. The second kappa shape index (κ2) is 6.08. The molecule has 128 valence electrons. The summed E-state index contributed by atoms with van der Waals surface area (Å²) in [6.45, 7) is 0.677. The lowest BCUT2D eigenvalue weighted by Gasteiger charge is -2.19. The highest BCUT2D eigenvalue weighted by atomic mass is 16.6. The van der Waals surface area contributed by atoms with E-state index in [4.69, 9.17) is 9.47 Å². The van der Waals surface area contributed by atoms with Crippen LogP contribution in [-0.2, 0) is 6.42 Å². The van der Waals surface area contributed by atoms with E-state index in [0.29, 0.717) is 24.7 Å². The molecule has 25 heavy (non-hydrogen) atoms. The number of ether oxygens (including phenoxy) is 2. The van der Waals surface area contributed by atoms with Gasteiger partial charge in [-0.05, 0) is 24.0 Å². The van der Waals surface area contributed by atoms with E-state index in [0.717, 1.165) is 18.4 Å². The predicted molar refractivity (Wildman–Crippen MR) is 89.1 cm³/mol. The van der Waals surface area contributed by atoms with Crippen LogP contribution in [-0.4, -0.2) is 24.0 Å². The number of hydrogen-bond donors (Lipinski definition) is 1. The molecule has 0 aromatic heterocycles. The van der Waals surface area contributed by atoms with Crippen molar-refractivity contribution < 1.29 is 19.2 Å². The van der Waals surface area contributed by atoms with Gasteiger partial charge in [-0.1, -0.05) is 24.3 Å². The highest BCUT2D eigenvalue weighted by Crippen LogP contribution is 2.37. The Morgan fingerprint density at radius 3 is 2.64 bits per heavy atom. The van der Waals surface area contributed by atoms with Gasteiger partial charge in [0.25, 0.3) is 11.6 Å². The summed E-state index contributed by atoms with van der Waals surface area (Å²) in [5.74, 6) is 0.167. The summed E-state index contributed by atoms with van der Waals surface area (Å²) < 4.78 is 10.8. The predicted octanol–water partition coefficient (Wildman–Crippen LogP) is 2.78. The minimum absolute atomic E-state index is 0.0152. The molecule has 7 nitrogen and oxygen atoms in total. The molecule has 7 heteroatoms. The largest absolute Gasteiger partial charge is 0.486 e. The maximum absolute atomic E-state index is 12.7. The van der Waals surface area contributed by atoms with Crippen molar-refractivity contribution in [3.05, 3.63) is 63.2 Å². The molecule has 0 unspecified atom stereocenters. The molecular weight excluding hydrogens is 324 g/mol. The lowest BCUT2D eigenvalue weighted by Crippen LogP contribution is -2.28. The maximum Gasteiger partial charge on any atom is 0.286 e. The molecule has 1 N–H and O–H groups in total. The van der Waals surface area contributed by atoms with E-state index in [9.17, 15) is 14.9 Å². The van der Waals surface area contributed by atoms with Gasteiger partial charge in [-0.3, -0.25) is 14.9 Å². The average molecular weight is 340 g/mol. The van der Waals surface area contributed by atoms with Crippen molar-refractivity contribution in [2.24, 2.45) is 0 Å². The number of rotatable bonds is 3. The number of benzene rings is 2. The Morgan fingerprint density at radius 2 is 1.88 bits per heavy atom. The van der Waals surface area contributed by atoms with Crippen LogP contribution >= 0.6 is 0 Å². The van der Waals surface area contributed by atoms with E-state index in [2.05, 4.69) is 5.32 Å². The summed E-state index contributed by atoms with van der Waals surface area (Å²) in [4.78, 5) is 23.5. The maximum atomic E-state index is 12.7. The summed E-state index contributed by atoms with van der Waals surface area (Å²) in [5, 5.41) is 14.3. The summed E-state index contributed by atoms with van der Waals surface area (Å²) in [6, 6.07) is 10.4. The summed E-state index contributed by atoms with van der Waals surface area (Å²) in [5.41, 5.74) is 1.96. The molecule has 0 radical (unpaired) electrons. The van der Waals surface area contributed by atoms with Crippen molar-refractivity contribution in [3.63, 3.8) is 0 Å². The molecule has 1 heterocycles. The SMILES string of the molecule is O=C(N[C@H]1CCc2ccccc21)c1cc2c(cc1[N+](=O)[O-])OCCO2. The van der Waals surface area contributed by atoms with Crippen LogP contribution in [0.5, 0.6) is 11.5 Å². The average Bonchev–Trinajstić information content (AvgIpc) is 3.03. The minimum atomic E-state index is -0.574. The van der Waals surface area contributed by atoms with Gasteiger partial charge in [0.05, 0.1) is 17.0 Å². The van der Waals surface area contributed by atoms with Gasteiger partial charge in [0.2, 0.25) is 0 Å². The van der Waals surface area contributed by atoms with Crippen molar-refractivity contribution in [1.82, 2.24) is 5.32 Å². The number of fused-ring (bicyclic) bond motifs is 2. The van der Waals surface area contributed by atoms with Crippen LogP contribution in [0.3, 0.4) is 0 Å². The molecule has 1 aliphatic carbocycles. The number of carbonyl (C=O) groups excluding carboxylic acids is 1. The number of nitro benzene ring substituents is 1. The van der Waals surface area contributed by atoms with E-state index >= 15 is 0 Å². The molecular formula is C18H16N2O5. The highest BCUT2D eigenvalue weighted by Gasteiger charge is 2.29. The molecule has 0 saturated carbocycles. The third kappa shape index (κ3) is 2.77. The van der Waals surface area contributed by atoms with Crippen LogP contribution in [0.25, 0.3) is 0 Å². The molecule has 2 aromatic rings. The molecule has 1 aliphatic heterocycles. The Morgan fingerprint density at radius 1 is 1.16 bits per heavy atom. The van der Waals surface area contributed by atoms with Crippen molar-refractivity contribution in [1.29, 1.82) is 0 Å². The Labute approximate surface area is 143 Å². The number of nitrogens with zero attached hydrogens (tertiary/aromatic N) is 1. The zero-order valence-corrected chi connectivity index (χ0v) is 13.4. The molecule has 2 aromatic carbocycles. The lowest BCUT2D eigenvalue weighted by atomic mass is 10.1. The number of hydrogen-bond acceptors (Lipinski definition) is 5. The van der Waals surface area contributed by atoms with Crippen LogP contribution in [0.1, 0.15) is 33.9 Å². The fourth-order valence-electron chi connectivity index (χ4n) is 3.35. The van der Waals surface area contributed by atoms with Gasteiger partial charge < -0.3 is 14.8 Å². The molecule has 0 spiro atoms. The molecule has 0 fully saturated rings. The quantitative estimate of drug-likeness (QED) is 0.685. The van der Waals surface area contributed by atoms with Crippen molar-refractivity contribution in [3.8, 4) is 11.5 Å². The Kier molecular flexibility index (Phi) is 3.76. The summed E-state index contributed by atoms with van der Waals surface area (Å²) in [6.07, 6.45) is 1.66. The van der Waals surface area contributed by atoms with Crippen molar-refractivity contribution in [2.45, 2.75) is 18.9 Å². The third-order valence-corrected chi connectivity index (χ3v) is 4.54. The van der Waals surface area contributed by atoms with Crippen molar-refractivity contribution in [2.75, 3.05) is 13.2 Å². The number of nitrogens with one attached hydrogen (secondary N) is 1. The molecule has 1 amide bonds. The smallest absolute Gasteiger partial charge is 0.286 e. The fraction of sp³-hybridized carbons (Fsp3) is 0.278. The van der Waals surface area contributed by atoms with Crippen molar-refractivity contribution >= 4 is 11.6 Å². The zero-order valence-electron chi connectivity index (χ0n) is 13.4. The van der Waals surface area contributed by atoms with Gasteiger partial charge >= 0.3 is 0 Å². The van der Waals surface area contributed by atoms with Gasteiger partial charge in [-0.25, -0.2) is 0 Å². The minimum Gasteiger partial charge on any atom is -0.486 e. The zero-order chi connectivity index (χ0) is 17.4. The van der Waals surface area contributed by atoms with Crippen LogP contribution in [0.2, 0.25) is 0 Å². The molecule has 4 rings (SSSR count). The fourth-order valence-corrected chi connectivity index (χ4v) is 3.35. The van der Waals surface area contributed by atoms with Crippen LogP contribution in [0, 0.1) is 10.1 Å². The monoisotopic (exact) mass is 340 g/mol. The van der Waals surface area contributed by atoms with E-state index in [1.54, 1.807) is 0 Å². The second-order valence-electron chi connectivity index (χ2n) is 6.03. The number of amides is 1. The number of nitro groups is 1. The van der Waals surface area contributed by atoms with Gasteiger partial charge in [0, 0.05) is 6.07 Å². The first kappa shape index (κ1) is 15.4. The summed E-state index contributed by atoms with van der Waals surface area (Å²) in [7, 11) is 0. The van der Waals surface area contributed by atoms with Gasteiger partial charge in [0.1, 0.15) is 18.8 Å². The molecule has 1 atom stereocenters. The topological polar surface area (TPSA) is 90.7 Å². The third-order valence-electron chi connectivity index (χ3n) is 4.54. The van der Waals surface area contributed by atoms with Gasteiger partial charge in [0.15, 0.2) is 11.5 Å². The van der Waals surface area contributed by atoms with E-state index in [1.807, 2.05) is 24.3 Å². The highest BCUT2D eigenvalue weighted by molar-refractivity contribution is 5.99. The first-order valence-corrected chi connectivity index (χ1v) is 8.10. The Balaban J connectivity index is 1.65. The van der Waals surface area contributed by atoms with Crippen LogP contribution in [0.4, 0.5) is 5.69 Å². The van der Waals surface area contributed by atoms with Gasteiger partial charge in [-0.2, -0.15) is 0 Å². The second-order valence-corrected chi connectivity index (χ2v) is 6.03. The van der Waals surface area contributed by atoms with Crippen LogP contribution < -0.4 is 14.8 Å². The summed E-state index contributed by atoms with van der Waals surface area (Å²) >= 11 is 0. The number of carbonyl (C=O) groups is 1. The van der Waals surface area contributed by atoms with E-state index in [-0.39, 0.29) is 17.3 Å². The Hall–Kier alpha value is -3.09. The Bertz CT molecular complexity index is 865. The van der Waals surface area contributed by atoms with Crippen LogP contribution in [0.15, 0.2) is 36.4 Å². The molecule has 2 aliphatic rings. The van der Waals surface area contributed by atoms with E-state index in [1.165, 1.54) is 17.7 Å². The lowest BCUT2D eigenvalue weighted by molar-refractivity contribution is -0.385. The molecule has 0 saturated heterocycles. The van der Waals surface area contributed by atoms with E-state index < -0.39 is 10.8 Å². The first-order chi connectivity index (χ1) is 12.1. The standard InChI is InChI=1S/C18H16N2O5/c21-18(19-14-6-5-11-3-1-2-4-12(11)14)13-9-16-17(25-8-7-24-16)10-15(13)20(22)23/h1-4,9-10,14H,5-8H2,(H,19,21)/t14-/m0/s1.